The van der Waals surface area contributed by atoms with Gasteiger partial charge in [-0.3, -0.25) is 4.79 Å². The third-order valence-electron chi connectivity index (χ3n) is 4.20. The first-order chi connectivity index (χ1) is 11.2. The quantitative estimate of drug-likeness (QED) is 0.344. The molecule has 0 aromatic heterocycles. The SMILES string of the molecule is CCCCCCCS[C@@H]1O[C@H](COC(C)=O)[C@@H]2OB(CC)O[C@@H]21. The standard InChI is InChI=1S/C16H29BO5S/c1-4-6-7-8-9-10-23-16-15-14(21-17(5-2)22-15)13(20-16)11-19-12(3)18/h13-16H,4-11H2,1-3H3/t13-,14+,15+,16+/m1/s1. The van der Waals surface area contributed by atoms with Crippen LogP contribution in [0.3, 0.4) is 0 Å². The van der Waals surface area contributed by atoms with E-state index in [-0.39, 0.29) is 43.4 Å². The van der Waals surface area contributed by atoms with Gasteiger partial charge in [0.15, 0.2) is 0 Å². The maximum absolute atomic E-state index is 11.0. The third-order valence-corrected chi connectivity index (χ3v) is 5.43. The van der Waals surface area contributed by atoms with E-state index in [9.17, 15) is 4.79 Å². The molecule has 2 rings (SSSR count). The highest BCUT2D eigenvalue weighted by molar-refractivity contribution is 7.99. The number of hydrogen-bond acceptors (Lipinski definition) is 6. The van der Waals surface area contributed by atoms with E-state index in [1.165, 1.54) is 39.0 Å². The molecule has 0 spiro atoms. The van der Waals surface area contributed by atoms with Crippen LogP contribution in [0.15, 0.2) is 0 Å². The zero-order chi connectivity index (χ0) is 16.7. The van der Waals surface area contributed by atoms with E-state index in [0.29, 0.717) is 0 Å². The van der Waals surface area contributed by atoms with Crippen molar-refractivity contribution in [1.29, 1.82) is 0 Å². The Morgan fingerprint density at radius 3 is 2.57 bits per heavy atom. The Hall–Kier alpha value is -0.235. The van der Waals surface area contributed by atoms with E-state index < -0.39 is 0 Å². The zero-order valence-electron chi connectivity index (χ0n) is 14.5. The molecule has 23 heavy (non-hydrogen) atoms. The maximum Gasteiger partial charge on any atom is 0.457 e. The molecule has 0 aromatic carbocycles. The van der Waals surface area contributed by atoms with Gasteiger partial charge in [-0.15, -0.1) is 11.8 Å². The largest absolute Gasteiger partial charge is 0.463 e. The number of carbonyl (C=O) groups is 1. The highest BCUT2D eigenvalue weighted by atomic mass is 32.2. The van der Waals surface area contributed by atoms with Gasteiger partial charge in [0.2, 0.25) is 0 Å². The number of fused-ring (bicyclic) bond motifs is 1. The Balaban J connectivity index is 1.78. The molecule has 2 saturated heterocycles. The van der Waals surface area contributed by atoms with Crippen molar-refractivity contribution in [3.63, 3.8) is 0 Å². The lowest BCUT2D eigenvalue weighted by Crippen LogP contribution is -2.32. The van der Waals surface area contributed by atoms with Crippen LogP contribution in [0.5, 0.6) is 0 Å². The van der Waals surface area contributed by atoms with E-state index in [1.54, 1.807) is 11.8 Å². The van der Waals surface area contributed by atoms with Crippen molar-refractivity contribution in [1.82, 2.24) is 0 Å². The van der Waals surface area contributed by atoms with Gasteiger partial charge in [-0.05, 0) is 18.5 Å². The first-order valence-electron chi connectivity index (χ1n) is 8.87. The summed E-state index contributed by atoms with van der Waals surface area (Å²) in [5.41, 5.74) is -0.0247. The van der Waals surface area contributed by atoms with Gasteiger partial charge in [0.25, 0.3) is 0 Å². The Labute approximate surface area is 144 Å². The molecule has 2 fully saturated rings. The van der Waals surface area contributed by atoms with Crippen LogP contribution in [-0.2, 0) is 23.6 Å². The average molecular weight is 344 g/mol. The Morgan fingerprint density at radius 1 is 1.13 bits per heavy atom. The van der Waals surface area contributed by atoms with E-state index in [4.69, 9.17) is 18.8 Å². The van der Waals surface area contributed by atoms with E-state index in [0.717, 1.165) is 12.1 Å². The van der Waals surface area contributed by atoms with Crippen molar-refractivity contribution in [3.8, 4) is 0 Å². The van der Waals surface area contributed by atoms with Crippen LogP contribution in [0.4, 0.5) is 0 Å². The molecule has 2 aliphatic heterocycles. The summed E-state index contributed by atoms with van der Waals surface area (Å²) in [6, 6.07) is 0. The predicted molar refractivity (Wildman–Crippen MR) is 92.5 cm³/mol. The van der Waals surface area contributed by atoms with Gasteiger partial charge < -0.3 is 18.8 Å². The lowest BCUT2D eigenvalue weighted by atomic mass is 9.87. The first kappa shape index (κ1) is 19.1. The van der Waals surface area contributed by atoms with Crippen molar-refractivity contribution in [2.45, 2.75) is 82.9 Å². The molecule has 132 valence electrons. The van der Waals surface area contributed by atoms with Gasteiger partial charge in [-0.25, -0.2) is 0 Å². The highest BCUT2D eigenvalue weighted by Gasteiger charge is 2.53. The summed E-state index contributed by atoms with van der Waals surface area (Å²) in [6.07, 6.45) is 6.78. The van der Waals surface area contributed by atoms with Crippen LogP contribution >= 0.6 is 11.8 Å². The number of unbranched alkanes of at least 4 members (excludes halogenated alkanes) is 4. The molecular weight excluding hydrogens is 315 g/mol. The van der Waals surface area contributed by atoms with Crippen LogP contribution in [0, 0.1) is 0 Å². The van der Waals surface area contributed by atoms with Crippen LogP contribution in [0.2, 0.25) is 6.32 Å². The molecule has 4 atom stereocenters. The van der Waals surface area contributed by atoms with Gasteiger partial charge >= 0.3 is 13.1 Å². The molecule has 5 nitrogen and oxygen atoms in total. The van der Waals surface area contributed by atoms with Crippen LogP contribution in [0.1, 0.15) is 52.9 Å². The first-order valence-corrected chi connectivity index (χ1v) is 9.91. The lowest BCUT2D eigenvalue weighted by molar-refractivity contribution is -0.145. The smallest absolute Gasteiger partial charge is 0.457 e. The summed E-state index contributed by atoms with van der Waals surface area (Å²) in [7, 11) is -0.165. The average Bonchev–Trinajstić information content (AvgIpc) is 3.08. The van der Waals surface area contributed by atoms with Crippen molar-refractivity contribution >= 4 is 24.8 Å². The molecule has 7 heteroatoms. The fourth-order valence-corrected chi connectivity index (χ4v) is 4.18. The van der Waals surface area contributed by atoms with Crippen molar-refractivity contribution in [2.75, 3.05) is 12.4 Å². The van der Waals surface area contributed by atoms with E-state index >= 15 is 0 Å². The van der Waals surface area contributed by atoms with Gasteiger partial charge in [0, 0.05) is 6.92 Å². The number of hydrogen-bond donors (Lipinski definition) is 0. The summed E-state index contributed by atoms with van der Waals surface area (Å²) in [5.74, 6) is 0.779. The summed E-state index contributed by atoms with van der Waals surface area (Å²) in [4.78, 5) is 11.0. The minimum absolute atomic E-state index is 0.0247. The number of ether oxygens (including phenoxy) is 2. The molecule has 0 N–H and O–H groups in total. The molecular formula is C16H29BO5S. The van der Waals surface area contributed by atoms with Gasteiger partial charge in [-0.2, -0.15) is 0 Å². The monoisotopic (exact) mass is 344 g/mol. The predicted octanol–water partition coefficient (Wildman–Crippen LogP) is 3.27. The minimum Gasteiger partial charge on any atom is -0.463 e. The van der Waals surface area contributed by atoms with Crippen molar-refractivity contribution in [2.24, 2.45) is 0 Å². The normalized spacial score (nSPS) is 29.8. The number of thioether (sulfide) groups is 1. The Bertz CT molecular complexity index is 370. The molecule has 0 radical (unpaired) electrons. The number of rotatable bonds is 10. The molecule has 0 aromatic rings. The number of esters is 1. The lowest BCUT2D eigenvalue weighted by Gasteiger charge is -2.18. The fraction of sp³-hybridized carbons (Fsp3) is 0.938. The molecule has 0 aliphatic carbocycles. The Kier molecular flexibility index (Phi) is 8.23. The summed E-state index contributed by atoms with van der Waals surface area (Å²) >= 11 is 1.80. The Morgan fingerprint density at radius 2 is 1.87 bits per heavy atom. The third kappa shape index (κ3) is 5.66. The molecule has 2 aliphatic rings. The summed E-state index contributed by atoms with van der Waals surface area (Å²) in [5, 5.41) is 0. The van der Waals surface area contributed by atoms with Crippen molar-refractivity contribution in [3.05, 3.63) is 0 Å². The second kappa shape index (κ2) is 9.92. The molecule has 0 unspecified atom stereocenters. The molecule has 0 amide bonds. The van der Waals surface area contributed by atoms with E-state index in [1.807, 2.05) is 6.92 Å². The van der Waals surface area contributed by atoms with Crippen LogP contribution in [0.25, 0.3) is 0 Å². The second-order valence-corrected chi connectivity index (χ2v) is 7.38. The van der Waals surface area contributed by atoms with Gasteiger partial charge in [-0.1, -0.05) is 39.5 Å². The maximum atomic E-state index is 11.0. The number of carbonyl (C=O) groups excluding carboxylic acids is 1. The van der Waals surface area contributed by atoms with Crippen LogP contribution in [-0.4, -0.2) is 49.2 Å². The van der Waals surface area contributed by atoms with Crippen molar-refractivity contribution < 1.29 is 23.6 Å². The topological polar surface area (TPSA) is 54.0 Å². The van der Waals surface area contributed by atoms with E-state index in [2.05, 4.69) is 6.92 Å². The van der Waals surface area contributed by atoms with Gasteiger partial charge in [0.05, 0.1) is 0 Å². The van der Waals surface area contributed by atoms with Crippen LogP contribution < -0.4 is 0 Å². The minimum atomic E-state index is -0.289. The van der Waals surface area contributed by atoms with Gasteiger partial charge in [0.1, 0.15) is 30.4 Å². The zero-order valence-corrected chi connectivity index (χ0v) is 15.3. The molecule has 2 heterocycles. The summed E-state index contributed by atoms with van der Waals surface area (Å²) in [6.45, 7) is 5.93. The molecule has 0 saturated carbocycles. The molecule has 0 bridgehead atoms. The highest BCUT2D eigenvalue weighted by Crippen LogP contribution is 2.38. The second-order valence-electron chi connectivity index (χ2n) is 6.17. The summed E-state index contributed by atoms with van der Waals surface area (Å²) < 4.78 is 23.0. The fourth-order valence-electron chi connectivity index (χ4n) is 2.95.